The summed E-state index contributed by atoms with van der Waals surface area (Å²) < 4.78 is 7.35. The Bertz CT molecular complexity index is 905. The number of rotatable bonds is 11. The lowest BCUT2D eigenvalue weighted by atomic mass is 9.83. The van der Waals surface area contributed by atoms with Crippen LogP contribution in [0.3, 0.4) is 0 Å². The SMILES string of the molecule is CCNC(=NCc1ccc(Cn2ccccc2=O)cc1)NCC1(CCOCC)CCCC1.I. The first-order valence-electron chi connectivity index (χ1n) is 12.0. The van der Waals surface area contributed by atoms with E-state index in [-0.39, 0.29) is 29.5 Å². The van der Waals surface area contributed by atoms with Crippen molar-refractivity contribution in [1.82, 2.24) is 15.2 Å². The van der Waals surface area contributed by atoms with Crippen LogP contribution in [0.15, 0.2) is 58.4 Å². The number of halogens is 1. The van der Waals surface area contributed by atoms with E-state index in [0.717, 1.165) is 49.8 Å². The predicted octanol–water partition coefficient (Wildman–Crippen LogP) is 4.56. The van der Waals surface area contributed by atoms with Gasteiger partial charge in [0.05, 0.1) is 13.1 Å². The highest BCUT2D eigenvalue weighted by Gasteiger charge is 2.33. The third-order valence-electron chi connectivity index (χ3n) is 6.31. The van der Waals surface area contributed by atoms with Crippen molar-refractivity contribution in [2.45, 2.75) is 59.0 Å². The quantitative estimate of drug-likeness (QED) is 0.181. The van der Waals surface area contributed by atoms with Crippen LogP contribution in [-0.2, 0) is 17.8 Å². The molecule has 6 nitrogen and oxygen atoms in total. The van der Waals surface area contributed by atoms with Crippen LogP contribution in [0.2, 0.25) is 0 Å². The minimum Gasteiger partial charge on any atom is -0.382 e. The molecule has 7 heteroatoms. The molecule has 2 N–H and O–H groups in total. The third-order valence-corrected chi connectivity index (χ3v) is 6.31. The summed E-state index contributed by atoms with van der Waals surface area (Å²) in [6.07, 6.45) is 8.07. The minimum atomic E-state index is 0. The van der Waals surface area contributed by atoms with Crippen molar-refractivity contribution in [3.63, 3.8) is 0 Å². The second-order valence-corrected chi connectivity index (χ2v) is 8.69. The van der Waals surface area contributed by atoms with E-state index in [0.29, 0.717) is 18.5 Å². The number of hydrogen-bond donors (Lipinski definition) is 2. The van der Waals surface area contributed by atoms with E-state index >= 15 is 0 Å². The summed E-state index contributed by atoms with van der Waals surface area (Å²) in [6.45, 7) is 8.76. The van der Waals surface area contributed by atoms with Gasteiger partial charge < -0.3 is 19.9 Å². The summed E-state index contributed by atoms with van der Waals surface area (Å²) in [4.78, 5) is 16.7. The zero-order valence-electron chi connectivity index (χ0n) is 20.0. The fourth-order valence-electron chi connectivity index (χ4n) is 4.39. The molecule has 2 aromatic rings. The number of nitrogens with zero attached hydrogens (tertiary/aromatic N) is 2. The summed E-state index contributed by atoms with van der Waals surface area (Å²) >= 11 is 0. The molecule has 1 aliphatic carbocycles. The molecule has 33 heavy (non-hydrogen) atoms. The minimum absolute atomic E-state index is 0. The number of aromatic nitrogens is 1. The average molecular weight is 567 g/mol. The van der Waals surface area contributed by atoms with Crippen molar-refractivity contribution < 1.29 is 4.74 Å². The highest BCUT2D eigenvalue weighted by Crippen LogP contribution is 2.40. The highest BCUT2D eigenvalue weighted by molar-refractivity contribution is 14.0. The molecule has 0 unspecified atom stereocenters. The first-order valence-corrected chi connectivity index (χ1v) is 12.0. The van der Waals surface area contributed by atoms with Gasteiger partial charge in [-0.05, 0) is 55.7 Å². The summed E-state index contributed by atoms with van der Waals surface area (Å²) in [7, 11) is 0. The van der Waals surface area contributed by atoms with Gasteiger partial charge in [-0.3, -0.25) is 4.79 Å². The molecule has 1 aromatic carbocycles. The number of ether oxygens (including phenoxy) is 1. The molecule has 0 radical (unpaired) electrons. The van der Waals surface area contributed by atoms with E-state index in [2.05, 4.69) is 48.7 Å². The lowest BCUT2D eigenvalue weighted by Crippen LogP contribution is -2.43. The molecular formula is C26H39IN4O2. The van der Waals surface area contributed by atoms with Crippen LogP contribution in [-0.4, -0.2) is 36.8 Å². The van der Waals surface area contributed by atoms with Crippen molar-refractivity contribution in [1.29, 1.82) is 0 Å². The number of aliphatic imine (C=N–C) groups is 1. The highest BCUT2D eigenvalue weighted by atomic mass is 127. The van der Waals surface area contributed by atoms with Gasteiger partial charge in [0.2, 0.25) is 0 Å². The van der Waals surface area contributed by atoms with Crippen LogP contribution < -0.4 is 16.2 Å². The largest absolute Gasteiger partial charge is 0.382 e. The maximum Gasteiger partial charge on any atom is 0.250 e. The van der Waals surface area contributed by atoms with Crippen LogP contribution in [0.25, 0.3) is 0 Å². The molecule has 0 atom stereocenters. The van der Waals surface area contributed by atoms with Crippen LogP contribution in [0.1, 0.15) is 57.1 Å². The summed E-state index contributed by atoms with van der Waals surface area (Å²) in [5.41, 5.74) is 2.60. The smallest absolute Gasteiger partial charge is 0.250 e. The molecule has 1 fully saturated rings. The van der Waals surface area contributed by atoms with Gasteiger partial charge >= 0.3 is 0 Å². The number of pyridine rings is 1. The Labute approximate surface area is 215 Å². The maximum atomic E-state index is 11.9. The van der Waals surface area contributed by atoms with Crippen molar-refractivity contribution in [3.05, 3.63) is 70.1 Å². The standard InChI is InChI=1S/C26H38N4O2.HI/c1-3-27-25(29-21-26(14-6-7-15-26)16-18-32-4-2)28-19-22-10-12-23(13-11-22)20-30-17-8-5-9-24(30)31;/h5,8-13,17H,3-4,6-7,14-16,18-21H2,1-2H3,(H2,27,28,29);1H. The molecule has 0 amide bonds. The molecule has 1 aliphatic rings. The monoisotopic (exact) mass is 566 g/mol. The van der Waals surface area contributed by atoms with Crippen molar-refractivity contribution >= 4 is 29.9 Å². The fourth-order valence-corrected chi connectivity index (χ4v) is 4.39. The lowest BCUT2D eigenvalue weighted by molar-refractivity contribution is 0.105. The van der Waals surface area contributed by atoms with Gasteiger partial charge in [0.15, 0.2) is 5.96 Å². The second kappa shape index (κ2) is 14.4. The van der Waals surface area contributed by atoms with Crippen molar-refractivity contribution in [2.24, 2.45) is 10.4 Å². The number of hydrogen-bond acceptors (Lipinski definition) is 3. The predicted molar refractivity (Wildman–Crippen MR) is 146 cm³/mol. The molecule has 182 valence electrons. The lowest BCUT2D eigenvalue weighted by Gasteiger charge is -2.30. The van der Waals surface area contributed by atoms with Gasteiger partial charge in [0.1, 0.15) is 0 Å². The zero-order chi connectivity index (χ0) is 22.7. The number of nitrogens with one attached hydrogen (secondary N) is 2. The number of guanidine groups is 1. The molecule has 0 bridgehead atoms. The Hall–Kier alpha value is -1.87. The molecule has 0 aliphatic heterocycles. The van der Waals surface area contributed by atoms with Crippen LogP contribution >= 0.6 is 24.0 Å². The second-order valence-electron chi connectivity index (χ2n) is 8.69. The van der Waals surface area contributed by atoms with Crippen LogP contribution in [0, 0.1) is 5.41 Å². The summed E-state index contributed by atoms with van der Waals surface area (Å²) in [5.74, 6) is 0.870. The van der Waals surface area contributed by atoms with Crippen molar-refractivity contribution in [3.8, 4) is 0 Å². The zero-order valence-corrected chi connectivity index (χ0v) is 22.3. The Kier molecular flexibility index (Phi) is 11.9. The number of benzene rings is 1. The van der Waals surface area contributed by atoms with E-state index in [1.807, 2.05) is 12.3 Å². The fraction of sp³-hybridized carbons (Fsp3) is 0.538. The van der Waals surface area contributed by atoms with Gasteiger partial charge in [-0.2, -0.15) is 0 Å². The first-order chi connectivity index (χ1) is 15.6. The van der Waals surface area contributed by atoms with E-state index in [1.54, 1.807) is 16.7 Å². The molecule has 3 rings (SSSR count). The van der Waals surface area contributed by atoms with Crippen molar-refractivity contribution in [2.75, 3.05) is 26.3 Å². The van der Waals surface area contributed by atoms with Gasteiger partial charge in [0.25, 0.3) is 5.56 Å². The molecular weight excluding hydrogens is 527 g/mol. The molecule has 1 aromatic heterocycles. The molecule has 1 heterocycles. The topological polar surface area (TPSA) is 67.7 Å². The van der Waals surface area contributed by atoms with Gasteiger partial charge in [-0.25, -0.2) is 4.99 Å². The van der Waals surface area contributed by atoms with Gasteiger partial charge in [-0.1, -0.05) is 43.2 Å². The van der Waals surface area contributed by atoms with Gasteiger partial charge in [-0.15, -0.1) is 24.0 Å². The summed E-state index contributed by atoms with van der Waals surface area (Å²) in [5, 5.41) is 6.98. The first kappa shape index (κ1) is 27.4. The molecule has 1 saturated carbocycles. The van der Waals surface area contributed by atoms with E-state index in [4.69, 9.17) is 9.73 Å². The molecule has 0 spiro atoms. The maximum absolute atomic E-state index is 11.9. The Balaban J connectivity index is 0.00000385. The van der Waals surface area contributed by atoms with Crippen LogP contribution in [0.5, 0.6) is 0 Å². The van der Waals surface area contributed by atoms with E-state index in [1.165, 1.54) is 25.7 Å². The van der Waals surface area contributed by atoms with Crippen LogP contribution in [0.4, 0.5) is 0 Å². The summed E-state index contributed by atoms with van der Waals surface area (Å²) in [6, 6.07) is 13.6. The third kappa shape index (κ3) is 8.77. The van der Waals surface area contributed by atoms with E-state index < -0.39 is 0 Å². The Morgan fingerprint density at radius 3 is 2.45 bits per heavy atom. The molecule has 0 saturated heterocycles. The van der Waals surface area contributed by atoms with Gasteiger partial charge in [0, 0.05) is 38.6 Å². The Morgan fingerprint density at radius 1 is 1.06 bits per heavy atom. The van der Waals surface area contributed by atoms with E-state index in [9.17, 15) is 4.79 Å². The average Bonchev–Trinajstić information content (AvgIpc) is 3.27. The Morgan fingerprint density at radius 2 is 1.79 bits per heavy atom. The normalized spacial score (nSPS) is 15.2.